The third kappa shape index (κ3) is 3.51. The van der Waals surface area contributed by atoms with Crippen LogP contribution in [0.2, 0.25) is 5.02 Å². The molecule has 5 nitrogen and oxygen atoms in total. The van der Waals surface area contributed by atoms with E-state index in [1.54, 1.807) is 23.1 Å². The summed E-state index contributed by atoms with van der Waals surface area (Å²) in [5.74, 6) is -0.183. The lowest BCUT2D eigenvalue weighted by molar-refractivity contribution is -0.118. The molecule has 1 aliphatic heterocycles. The Hall–Kier alpha value is -2.53. The second-order valence-corrected chi connectivity index (χ2v) is 6.18. The third-order valence-corrected chi connectivity index (χ3v) is 4.17. The molecule has 3 rings (SSSR count). The van der Waals surface area contributed by atoms with Crippen LogP contribution in [0.25, 0.3) is 0 Å². The number of carbonyl (C=O) groups is 2. The van der Waals surface area contributed by atoms with Crippen LogP contribution in [0, 0.1) is 0 Å². The summed E-state index contributed by atoms with van der Waals surface area (Å²) >= 11 is 5.86. The van der Waals surface area contributed by atoms with Gasteiger partial charge in [0.1, 0.15) is 0 Å². The molecule has 0 radical (unpaired) electrons. The van der Waals surface area contributed by atoms with E-state index in [4.69, 9.17) is 11.6 Å². The summed E-state index contributed by atoms with van der Waals surface area (Å²) in [7, 11) is 0. The van der Waals surface area contributed by atoms with Crippen molar-refractivity contribution in [2.24, 2.45) is 0 Å². The molecule has 0 saturated carbocycles. The number of hydrogen-bond donors (Lipinski definition) is 2. The molecule has 0 saturated heterocycles. The zero-order chi connectivity index (χ0) is 17.1. The van der Waals surface area contributed by atoms with E-state index in [9.17, 15) is 9.59 Å². The van der Waals surface area contributed by atoms with Gasteiger partial charge in [0.15, 0.2) is 0 Å². The lowest BCUT2D eigenvalue weighted by Gasteiger charge is -2.28. The predicted molar refractivity (Wildman–Crippen MR) is 96.6 cm³/mol. The molecule has 2 amide bonds. The summed E-state index contributed by atoms with van der Waals surface area (Å²) < 4.78 is 0. The zero-order valence-electron chi connectivity index (χ0n) is 13.3. The van der Waals surface area contributed by atoms with Crippen LogP contribution in [-0.2, 0) is 9.59 Å². The number of fused-ring (bicyclic) bond motifs is 1. The summed E-state index contributed by atoms with van der Waals surface area (Å²) in [5, 5.41) is 6.59. The minimum atomic E-state index is -0.215. The van der Waals surface area contributed by atoms with Crippen LogP contribution >= 0.6 is 11.6 Å². The summed E-state index contributed by atoms with van der Waals surface area (Å²) in [5.41, 5.74) is 2.20. The highest BCUT2D eigenvalue weighted by Gasteiger charge is 2.29. The highest BCUT2D eigenvalue weighted by molar-refractivity contribution is 6.30. The van der Waals surface area contributed by atoms with Crippen LogP contribution in [0.3, 0.4) is 0 Å². The fourth-order valence-corrected chi connectivity index (χ4v) is 2.92. The average molecular weight is 344 g/mol. The monoisotopic (exact) mass is 343 g/mol. The fourth-order valence-electron chi connectivity index (χ4n) is 2.80. The second kappa shape index (κ2) is 6.93. The van der Waals surface area contributed by atoms with Gasteiger partial charge in [-0.25, -0.2) is 0 Å². The standard InChI is InChI=1S/C18H18ClN3O2/c1-12-10-17(23)21-15-4-2-3-5-16(15)22(12)18(24)11-20-14-8-6-13(19)7-9-14/h2-9,12,20H,10-11H2,1H3,(H,21,23)/t12-/m0/s1. The predicted octanol–water partition coefficient (Wildman–Crippen LogP) is 3.52. The van der Waals surface area contributed by atoms with Gasteiger partial charge in [-0.15, -0.1) is 0 Å². The van der Waals surface area contributed by atoms with Crippen molar-refractivity contribution in [2.75, 3.05) is 22.1 Å². The molecule has 1 atom stereocenters. The average Bonchev–Trinajstić information content (AvgIpc) is 2.68. The van der Waals surface area contributed by atoms with E-state index in [1.807, 2.05) is 37.3 Å². The number of para-hydroxylation sites is 2. The van der Waals surface area contributed by atoms with Gasteiger partial charge in [0.2, 0.25) is 11.8 Å². The maximum absolute atomic E-state index is 12.8. The van der Waals surface area contributed by atoms with Gasteiger partial charge in [-0.05, 0) is 43.3 Å². The molecule has 2 N–H and O–H groups in total. The van der Waals surface area contributed by atoms with Crippen LogP contribution in [0.4, 0.5) is 17.1 Å². The van der Waals surface area contributed by atoms with Crippen molar-refractivity contribution in [1.29, 1.82) is 0 Å². The summed E-state index contributed by atoms with van der Waals surface area (Å²) in [6.07, 6.45) is 0.265. The number of carbonyl (C=O) groups excluding carboxylic acids is 2. The highest BCUT2D eigenvalue weighted by atomic mass is 35.5. The number of nitrogens with zero attached hydrogens (tertiary/aromatic N) is 1. The van der Waals surface area contributed by atoms with Crippen molar-refractivity contribution < 1.29 is 9.59 Å². The molecule has 124 valence electrons. The molecule has 1 heterocycles. The van der Waals surface area contributed by atoms with Gasteiger partial charge >= 0.3 is 0 Å². The second-order valence-electron chi connectivity index (χ2n) is 5.74. The summed E-state index contributed by atoms with van der Waals surface area (Å²) in [6, 6.07) is 14.3. The minimum Gasteiger partial charge on any atom is -0.376 e. The lowest BCUT2D eigenvalue weighted by atomic mass is 10.1. The van der Waals surface area contributed by atoms with Crippen molar-refractivity contribution in [3.8, 4) is 0 Å². The van der Waals surface area contributed by atoms with Crippen molar-refractivity contribution >= 4 is 40.5 Å². The van der Waals surface area contributed by atoms with Crippen molar-refractivity contribution in [2.45, 2.75) is 19.4 Å². The lowest BCUT2D eigenvalue weighted by Crippen LogP contribution is -2.42. The van der Waals surface area contributed by atoms with E-state index in [2.05, 4.69) is 10.6 Å². The Morgan fingerprint density at radius 3 is 2.71 bits per heavy atom. The van der Waals surface area contributed by atoms with Gasteiger partial charge in [0.05, 0.1) is 17.9 Å². The number of nitrogens with one attached hydrogen (secondary N) is 2. The number of anilines is 3. The number of halogens is 1. The molecule has 0 aromatic heterocycles. The van der Waals surface area contributed by atoms with Crippen molar-refractivity contribution in [3.63, 3.8) is 0 Å². The van der Waals surface area contributed by atoms with E-state index in [1.165, 1.54) is 0 Å². The molecular weight excluding hydrogens is 326 g/mol. The Balaban J connectivity index is 1.79. The van der Waals surface area contributed by atoms with E-state index in [0.29, 0.717) is 10.7 Å². The third-order valence-electron chi connectivity index (χ3n) is 3.92. The zero-order valence-corrected chi connectivity index (χ0v) is 14.0. The largest absolute Gasteiger partial charge is 0.376 e. The molecule has 2 aromatic carbocycles. The molecule has 0 spiro atoms. The first-order valence-electron chi connectivity index (χ1n) is 7.75. The van der Waals surface area contributed by atoms with Gasteiger partial charge in [0, 0.05) is 23.2 Å². The van der Waals surface area contributed by atoms with Crippen molar-refractivity contribution in [3.05, 3.63) is 53.6 Å². The maximum atomic E-state index is 12.8. The van der Waals surface area contributed by atoms with E-state index < -0.39 is 0 Å². The minimum absolute atomic E-state index is 0.0871. The molecule has 0 bridgehead atoms. The molecule has 6 heteroatoms. The van der Waals surface area contributed by atoms with Gasteiger partial charge in [0.25, 0.3) is 0 Å². The van der Waals surface area contributed by atoms with Gasteiger partial charge in [-0.1, -0.05) is 23.7 Å². The molecule has 0 fully saturated rings. The van der Waals surface area contributed by atoms with Crippen LogP contribution in [-0.4, -0.2) is 24.4 Å². The number of rotatable bonds is 3. The number of hydrogen-bond acceptors (Lipinski definition) is 3. The first-order chi connectivity index (χ1) is 11.5. The Morgan fingerprint density at radius 2 is 1.96 bits per heavy atom. The Labute approximate surface area is 145 Å². The van der Waals surface area contributed by atoms with Crippen LogP contribution < -0.4 is 15.5 Å². The SMILES string of the molecule is C[C@H]1CC(=O)Nc2ccccc2N1C(=O)CNc1ccc(Cl)cc1. The first-order valence-corrected chi connectivity index (χ1v) is 8.13. The summed E-state index contributed by atoms with van der Waals surface area (Å²) in [4.78, 5) is 26.4. The van der Waals surface area contributed by atoms with Crippen LogP contribution in [0.1, 0.15) is 13.3 Å². The van der Waals surface area contributed by atoms with Crippen molar-refractivity contribution in [1.82, 2.24) is 0 Å². The van der Waals surface area contributed by atoms with Gasteiger partial charge < -0.3 is 15.5 Å². The quantitative estimate of drug-likeness (QED) is 0.896. The van der Waals surface area contributed by atoms with E-state index >= 15 is 0 Å². The van der Waals surface area contributed by atoms with E-state index in [-0.39, 0.29) is 30.8 Å². The molecule has 2 aromatic rings. The highest BCUT2D eigenvalue weighted by Crippen LogP contribution is 2.31. The smallest absolute Gasteiger partial charge is 0.246 e. The molecule has 24 heavy (non-hydrogen) atoms. The Morgan fingerprint density at radius 1 is 1.25 bits per heavy atom. The Kier molecular flexibility index (Phi) is 4.71. The normalized spacial score (nSPS) is 16.8. The molecular formula is C18H18ClN3O2. The molecule has 0 aliphatic carbocycles. The van der Waals surface area contributed by atoms with Gasteiger partial charge in [-0.3, -0.25) is 9.59 Å². The Bertz CT molecular complexity index is 761. The topological polar surface area (TPSA) is 61.4 Å². The molecule has 1 aliphatic rings. The fraction of sp³-hybridized carbons (Fsp3) is 0.222. The number of amides is 2. The maximum Gasteiger partial charge on any atom is 0.246 e. The first kappa shape index (κ1) is 16.3. The number of benzene rings is 2. The van der Waals surface area contributed by atoms with E-state index in [0.717, 1.165) is 11.4 Å². The molecule has 0 unspecified atom stereocenters. The van der Waals surface area contributed by atoms with Crippen LogP contribution in [0.15, 0.2) is 48.5 Å². The van der Waals surface area contributed by atoms with Gasteiger partial charge in [-0.2, -0.15) is 0 Å². The van der Waals surface area contributed by atoms with Crippen LogP contribution in [0.5, 0.6) is 0 Å². The summed E-state index contributed by atoms with van der Waals surface area (Å²) in [6.45, 7) is 2.01.